The first-order valence-corrected chi connectivity index (χ1v) is 5.77. The molecule has 0 aliphatic carbocycles. The molecule has 0 saturated carbocycles. The Morgan fingerprint density at radius 2 is 1.89 bits per heavy atom. The van der Waals surface area contributed by atoms with Gasteiger partial charge in [0.05, 0.1) is 0 Å². The predicted molar refractivity (Wildman–Crippen MR) is 69.3 cm³/mol. The quantitative estimate of drug-likeness (QED) is 0.495. The van der Waals surface area contributed by atoms with Gasteiger partial charge in [-0.25, -0.2) is 9.59 Å². The van der Waals surface area contributed by atoms with E-state index in [0.717, 1.165) is 6.08 Å². The first-order valence-electron chi connectivity index (χ1n) is 5.77. The summed E-state index contributed by atoms with van der Waals surface area (Å²) in [6.07, 6.45) is 1.55. The molecule has 0 heterocycles. The van der Waals surface area contributed by atoms with E-state index >= 15 is 0 Å². The number of aryl methyl sites for hydroxylation is 1. The Bertz CT molecular complexity index is 529. The number of esters is 1. The molecule has 0 aliphatic heterocycles. The molecule has 1 rings (SSSR count). The highest BCUT2D eigenvalue weighted by atomic mass is 16.5. The molecule has 2 N–H and O–H groups in total. The summed E-state index contributed by atoms with van der Waals surface area (Å²) in [7, 11) is 0. The van der Waals surface area contributed by atoms with Crippen LogP contribution in [0.25, 0.3) is 0 Å². The van der Waals surface area contributed by atoms with Crippen molar-refractivity contribution in [2.45, 2.75) is 26.7 Å². The Hall–Kier alpha value is -2.30. The Balaban J connectivity index is 2.98. The number of aliphatic carboxylic acids is 1. The largest absolute Gasteiger partial charge is 0.508 e. The number of ether oxygens (including phenoxy) is 1. The van der Waals surface area contributed by atoms with Crippen molar-refractivity contribution in [1.29, 1.82) is 0 Å². The lowest BCUT2D eigenvalue weighted by atomic mass is 10.00. The molecule has 0 atom stereocenters. The number of phenols is 1. The van der Waals surface area contributed by atoms with E-state index in [-0.39, 0.29) is 11.7 Å². The van der Waals surface area contributed by atoms with Crippen molar-refractivity contribution < 1.29 is 24.5 Å². The molecular formula is C14H16O5. The number of aromatic hydroxyl groups is 1. The fourth-order valence-corrected chi connectivity index (χ4v) is 1.54. The van der Waals surface area contributed by atoms with E-state index in [4.69, 9.17) is 9.84 Å². The van der Waals surface area contributed by atoms with Crippen LogP contribution < -0.4 is 4.74 Å². The van der Waals surface area contributed by atoms with Gasteiger partial charge >= 0.3 is 11.9 Å². The SMILES string of the molecule is Cc1cc(O)c(C(C)C)cc1OC(=O)/C=C\C(=O)O. The number of carbonyl (C=O) groups is 2. The van der Waals surface area contributed by atoms with Crippen LogP contribution >= 0.6 is 0 Å². The lowest BCUT2D eigenvalue weighted by molar-refractivity contribution is -0.133. The lowest BCUT2D eigenvalue weighted by Gasteiger charge is -2.12. The molecule has 0 radical (unpaired) electrons. The zero-order valence-corrected chi connectivity index (χ0v) is 11.0. The van der Waals surface area contributed by atoms with Crippen molar-refractivity contribution in [1.82, 2.24) is 0 Å². The fourth-order valence-electron chi connectivity index (χ4n) is 1.54. The van der Waals surface area contributed by atoms with Crippen LogP contribution in [-0.2, 0) is 9.59 Å². The third-order valence-corrected chi connectivity index (χ3v) is 2.52. The molecule has 0 aliphatic rings. The minimum absolute atomic E-state index is 0.0765. The van der Waals surface area contributed by atoms with Gasteiger partial charge in [0.2, 0.25) is 0 Å². The Morgan fingerprint density at radius 1 is 1.26 bits per heavy atom. The van der Waals surface area contributed by atoms with Gasteiger partial charge in [-0.05, 0) is 30.5 Å². The minimum Gasteiger partial charge on any atom is -0.508 e. The highest BCUT2D eigenvalue weighted by molar-refractivity contribution is 5.91. The van der Waals surface area contributed by atoms with Gasteiger partial charge in [-0.3, -0.25) is 0 Å². The summed E-state index contributed by atoms with van der Waals surface area (Å²) in [4.78, 5) is 21.7. The fraction of sp³-hybridized carbons (Fsp3) is 0.286. The van der Waals surface area contributed by atoms with Crippen LogP contribution in [0.1, 0.15) is 30.9 Å². The van der Waals surface area contributed by atoms with E-state index in [1.807, 2.05) is 13.8 Å². The van der Waals surface area contributed by atoms with Crippen molar-refractivity contribution in [3.63, 3.8) is 0 Å². The Kier molecular flexibility index (Phi) is 4.69. The molecular weight excluding hydrogens is 248 g/mol. The van der Waals surface area contributed by atoms with Crippen molar-refractivity contribution in [2.24, 2.45) is 0 Å². The number of phenolic OH excluding ortho intramolecular Hbond substituents is 1. The highest BCUT2D eigenvalue weighted by Crippen LogP contribution is 2.32. The lowest BCUT2D eigenvalue weighted by Crippen LogP contribution is -2.06. The van der Waals surface area contributed by atoms with Gasteiger partial charge in [-0.1, -0.05) is 13.8 Å². The zero-order valence-electron chi connectivity index (χ0n) is 11.0. The molecule has 1 aromatic rings. The summed E-state index contributed by atoms with van der Waals surface area (Å²) >= 11 is 0. The van der Waals surface area contributed by atoms with Crippen LogP contribution in [0.4, 0.5) is 0 Å². The van der Waals surface area contributed by atoms with Crippen LogP contribution in [-0.4, -0.2) is 22.2 Å². The van der Waals surface area contributed by atoms with E-state index in [1.165, 1.54) is 6.07 Å². The maximum atomic E-state index is 11.4. The normalized spacial score (nSPS) is 10.9. The van der Waals surface area contributed by atoms with Gasteiger partial charge in [0, 0.05) is 17.7 Å². The molecule has 19 heavy (non-hydrogen) atoms. The smallest absolute Gasteiger partial charge is 0.336 e. The zero-order chi connectivity index (χ0) is 14.6. The van der Waals surface area contributed by atoms with Crippen molar-refractivity contribution in [3.8, 4) is 11.5 Å². The van der Waals surface area contributed by atoms with Gasteiger partial charge in [0.15, 0.2) is 0 Å². The summed E-state index contributed by atoms with van der Waals surface area (Å²) < 4.78 is 5.04. The molecule has 0 unspecified atom stereocenters. The molecule has 5 nitrogen and oxygen atoms in total. The van der Waals surface area contributed by atoms with E-state index in [0.29, 0.717) is 23.0 Å². The summed E-state index contributed by atoms with van der Waals surface area (Å²) in [6, 6.07) is 3.10. The molecule has 0 amide bonds. The molecule has 1 aromatic carbocycles. The number of carboxylic acid groups (broad SMARTS) is 1. The third-order valence-electron chi connectivity index (χ3n) is 2.52. The maximum Gasteiger partial charge on any atom is 0.336 e. The van der Waals surface area contributed by atoms with Crippen LogP contribution in [0.2, 0.25) is 0 Å². The number of carboxylic acids is 1. The van der Waals surface area contributed by atoms with Gasteiger partial charge in [-0.2, -0.15) is 0 Å². The first-order chi connectivity index (χ1) is 8.81. The second kappa shape index (κ2) is 6.04. The van der Waals surface area contributed by atoms with Crippen LogP contribution in [0.15, 0.2) is 24.3 Å². The summed E-state index contributed by atoms with van der Waals surface area (Å²) in [5.74, 6) is -1.46. The topological polar surface area (TPSA) is 83.8 Å². The van der Waals surface area contributed by atoms with Gasteiger partial charge in [0.25, 0.3) is 0 Å². The summed E-state index contributed by atoms with van der Waals surface area (Å²) in [5.41, 5.74) is 1.26. The number of benzene rings is 1. The van der Waals surface area contributed by atoms with Gasteiger partial charge < -0.3 is 14.9 Å². The second-order valence-corrected chi connectivity index (χ2v) is 4.42. The average molecular weight is 264 g/mol. The van der Waals surface area contributed by atoms with Crippen molar-refractivity contribution in [2.75, 3.05) is 0 Å². The third kappa shape index (κ3) is 4.13. The molecule has 0 aromatic heterocycles. The molecule has 0 bridgehead atoms. The number of rotatable bonds is 4. The van der Waals surface area contributed by atoms with Crippen molar-refractivity contribution in [3.05, 3.63) is 35.4 Å². The second-order valence-electron chi connectivity index (χ2n) is 4.42. The van der Waals surface area contributed by atoms with Gasteiger partial charge in [0.1, 0.15) is 11.5 Å². The summed E-state index contributed by atoms with van der Waals surface area (Å²) in [6.45, 7) is 5.49. The van der Waals surface area contributed by atoms with Crippen LogP contribution in [0.3, 0.4) is 0 Å². The standard InChI is InChI=1S/C14H16O5/c1-8(2)10-7-12(9(3)6-11(10)15)19-14(18)5-4-13(16)17/h4-8,15H,1-3H3,(H,16,17)/b5-4-. The van der Waals surface area contributed by atoms with Crippen LogP contribution in [0.5, 0.6) is 11.5 Å². The molecule has 5 heteroatoms. The minimum atomic E-state index is -1.22. The Morgan fingerprint density at radius 3 is 2.42 bits per heavy atom. The monoisotopic (exact) mass is 264 g/mol. The molecule has 102 valence electrons. The van der Waals surface area contributed by atoms with E-state index in [1.54, 1.807) is 13.0 Å². The van der Waals surface area contributed by atoms with Crippen LogP contribution in [0, 0.1) is 6.92 Å². The number of carbonyl (C=O) groups excluding carboxylic acids is 1. The maximum absolute atomic E-state index is 11.4. The molecule has 0 spiro atoms. The predicted octanol–water partition coefficient (Wildman–Crippen LogP) is 2.37. The summed E-state index contributed by atoms with van der Waals surface area (Å²) in [5, 5.41) is 18.2. The molecule has 0 fully saturated rings. The highest BCUT2D eigenvalue weighted by Gasteiger charge is 2.12. The first kappa shape index (κ1) is 14.8. The van der Waals surface area contributed by atoms with E-state index in [9.17, 15) is 14.7 Å². The average Bonchev–Trinajstić information content (AvgIpc) is 2.29. The van der Waals surface area contributed by atoms with E-state index < -0.39 is 11.9 Å². The number of hydrogen-bond acceptors (Lipinski definition) is 4. The van der Waals surface area contributed by atoms with E-state index in [2.05, 4.69) is 0 Å². The van der Waals surface area contributed by atoms with Gasteiger partial charge in [-0.15, -0.1) is 0 Å². The van der Waals surface area contributed by atoms with Crippen molar-refractivity contribution >= 4 is 11.9 Å². The Labute approximate surface area is 111 Å². The number of hydrogen-bond donors (Lipinski definition) is 2. The molecule has 0 saturated heterocycles.